The molecule has 1 aromatic rings. The SMILES string of the molecule is CCCCCNS(=O)(=O)c1cc(CNCCC)oc1C. The Balaban J connectivity index is 2.64. The molecule has 1 heterocycles. The lowest BCUT2D eigenvalue weighted by molar-refractivity contribution is 0.457. The zero-order valence-electron chi connectivity index (χ0n) is 12.7. The molecule has 0 aromatic carbocycles. The molecule has 0 saturated carbocycles. The minimum Gasteiger partial charge on any atom is -0.464 e. The van der Waals surface area contributed by atoms with E-state index < -0.39 is 10.0 Å². The lowest BCUT2D eigenvalue weighted by atomic mass is 10.3. The summed E-state index contributed by atoms with van der Waals surface area (Å²) in [5.41, 5.74) is 0. The predicted molar refractivity (Wildman–Crippen MR) is 80.2 cm³/mol. The van der Waals surface area contributed by atoms with Crippen LogP contribution in [0.3, 0.4) is 0 Å². The van der Waals surface area contributed by atoms with Crippen LogP contribution in [0.15, 0.2) is 15.4 Å². The first kappa shape index (κ1) is 17.2. The van der Waals surface area contributed by atoms with Gasteiger partial charge in [0.1, 0.15) is 16.4 Å². The van der Waals surface area contributed by atoms with Gasteiger partial charge in [0.2, 0.25) is 10.0 Å². The molecule has 6 heteroatoms. The van der Waals surface area contributed by atoms with Gasteiger partial charge in [-0.3, -0.25) is 0 Å². The van der Waals surface area contributed by atoms with Gasteiger partial charge in [-0.15, -0.1) is 0 Å². The number of sulfonamides is 1. The van der Waals surface area contributed by atoms with Crippen LogP contribution in [-0.4, -0.2) is 21.5 Å². The van der Waals surface area contributed by atoms with Crippen LogP contribution in [0, 0.1) is 6.92 Å². The molecule has 0 amide bonds. The standard InChI is InChI=1S/C14H26N2O3S/c1-4-6-7-9-16-20(17,18)14-10-13(19-12(14)3)11-15-8-5-2/h10,15-16H,4-9,11H2,1-3H3. The van der Waals surface area contributed by atoms with Crippen molar-refractivity contribution in [3.63, 3.8) is 0 Å². The van der Waals surface area contributed by atoms with Crippen LogP contribution in [0.4, 0.5) is 0 Å². The fourth-order valence-corrected chi connectivity index (χ4v) is 3.20. The molecule has 20 heavy (non-hydrogen) atoms. The summed E-state index contributed by atoms with van der Waals surface area (Å²) >= 11 is 0. The van der Waals surface area contributed by atoms with Gasteiger partial charge in [0.25, 0.3) is 0 Å². The Labute approximate surface area is 122 Å². The van der Waals surface area contributed by atoms with Gasteiger partial charge in [-0.05, 0) is 26.3 Å². The molecule has 0 saturated heterocycles. The minimum absolute atomic E-state index is 0.252. The summed E-state index contributed by atoms with van der Waals surface area (Å²) in [5.74, 6) is 1.10. The van der Waals surface area contributed by atoms with Gasteiger partial charge in [-0.25, -0.2) is 13.1 Å². The molecule has 0 bridgehead atoms. The molecular weight excluding hydrogens is 276 g/mol. The first-order chi connectivity index (χ1) is 9.51. The van der Waals surface area contributed by atoms with Gasteiger partial charge in [-0.1, -0.05) is 26.7 Å². The van der Waals surface area contributed by atoms with E-state index in [0.29, 0.717) is 24.6 Å². The van der Waals surface area contributed by atoms with Crippen molar-refractivity contribution in [2.45, 2.75) is 57.9 Å². The molecule has 0 spiro atoms. The van der Waals surface area contributed by atoms with Crippen LogP contribution in [0.25, 0.3) is 0 Å². The maximum absolute atomic E-state index is 12.2. The monoisotopic (exact) mass is 302 g/mol. The first-order valence-corrected chi connectivity index (χ1v) is 8.79. The second-order valence-corrected chi connectivity index (χ2v) is 6.65. The van der Waals surface area contributed by atoms with E-state index in [-0.39, 0.29) is 4.90 Å². The number of hydrogen-bond acceptors (Lipinski definition) is 4. The number of aryl methyl sites for hydroxylation is 1. The van der Waals surface area contributed by atoms with Gasteiger partial charge >= 0.3 is 0 Å². The van der Waals surface area contributed by atoms with E-state index in [0.717, 1.165) is 32.2 Å². The largest absolute Gasteiger partial charge is 0.464 e. The maximum Gasteiger partial charge on any atom is 0.244 e. The van der Waals surface area contributed by atoms with Crippen LogP contribution in [0.1, 0.15) is 51.1 Å². The van der Waals surface area contributed by atoms with E-state index in [1.165, 1.54) is 0 Å². The summed E-state index contributed by atoms with van der Waals surface area (Å²) in [4.78, 5) is 0.252. The first-order valence-electron chi connectivity index (χ1n) is 7.31. The average molecular weight is 302 g/mol. The summed E-state index contributed by atoms with van der Waals surface area (Å²) in [6.45, 7) is 7.77. The van der Waals surface area contributed by atoms with Crippen LogP contribution < -0.4 is 10.0 Å². The second kappa shape index (κ2) is 8.44. The van der Waals surface area contributed by atoms with Crippen molar-refractivity contribution >= 4 is 10.0 Å². The van der Waals surface area contributed by atoms with Crippen LogP contribution in [0.2, 0.25) is 0 Å². The fraction of sp³-hybridized carbons (Fsp3) is 0.714. The summed E-state index contributed by atoms with van der Waals surface area (Å²) in [6, 6.07) is 1.61. The van der Waals surface area contributed by atoms with Gasteiger partial charge in [0, 0.05) is 12.6 Å². The van der Waals surface area contributed by atoms with Gasteiger partial charge in [0.05, 0.1) is 6.54 Å². The van der Waals surface area contributed by atoms with E-state index in [1.807, 2.05) is 0 Å². The molecule has 1 rings (SSSR count). The lowest BCUT2D eigenvalue weighted by Gasteiger charge is -2.04. The molecule has 0 unspecified atom stereocenters. The summed E-state index contributed by atoms with van der Waals surface area (Å²) in [7, 11) is -3.45. The van der Waals surface area contributed by atoms with Crippen molar-refractivity contribution in [3.05, 3.63) is 17.6 Å². The average Bonchev–Trinajstić information content (AvgIpc) is 2.77. The highest BCUT2D eigenvalue weighted by atomic mass is 32.2. The number of rotatable bonds is 10. The molecule has 0 aliphatic carbocycles. The Hall–Kier alpha value is -0.850. The number of furan rings is 1. The zero-order valence-corrected chi connectivity index (χ0v) is 13.5. The second-order valence-electron chi connectivity index (χ2n) is 4.91. The van der Waals surface area contributed by atoms with Crippen molar-refractivity contribution in [3.8, 4) is 0 Å². The van der Waals surface area contributed by atoms with Crippen molar-refractivity contribution in [1.29, 1.82) is 0 Å². The molecule has 0 atom stereocenters. The highest BCUT2D eigenvalue weighted by Crippen LogP contribution is 2.19. The summed E-state index contributed by atoms with van der Waals surface area (Å²) in [5, 5.41) is 3.19. The van der Waals surface area contributed by atoms with Crippen molar-refractivity contribution < 1.29 is 12.8 Å². The Morgan fingerprint density at radius 1 is 1.15 bits per heavy atom. The summed E-state index contributed by atoms with van der Waals surface area (Å²) < 4.78 is 32.5. The zero-order chi connectivity index (χ0) is 15.0. The molecular formula is C14H26N2O3S. The predicted octanol–water partition coefficient (Wildman–Crippen LogP) is 2.56. The highest BCUT2D eigenvalue weighted by Gasteiger charge is 2.20. The lowest BCUT2D eigenvalue weighted by Crippen LogP contribution is -2.25. The normalized spacial score (nSPS) is 11.9. The molecule has 0 fully saturated rings. The van der Waals surface area contributed by atoms with Crippen molar-refractivity contribution in [1.82, 2.24) is 10.0 Å². The fourth-order valence-electron chi connectivity index (χ4n) is 1.93. The number of nitrogens with one attached hydrogen (secondary N) is 2. The van der Waals surface area contributed by atoms with Gasteiger partial charge in [0.15, 0.2) is 0 Å². The molecule has 2 N–H and O–H groups in total. The maximum atomic E-state index is 12.2. The van der Waals surface area contributed by atoms with E-state index in [4.69, 9.17) is 4.42 Å². The Morgan fingerprint density at radius 3 is 2.55 bits per heavy atom. The molecule has 0 radical (unpaired) electrons. The third-order valence-corrected chi connectivity index (χ3v) is 4.58. The molecule has 0 aliphatic rings. The van der Waals surface area contributed by atoms with Crippen molar-refractivity contribution in [2.75, 3.05) is 13.1 Å². The molecule has 1 aromatic heterocycles. The van der Waals surface area contributed by atoms with E-state index in [2.05, 4.69) is 23.9 Å². The number of hydrogen-bond donors (Lipinski definition) is 2. The topological polar surface area (TPSA) is 71.3 Å². The smallest absolute Gasteiger partial charge is 0.244 e. The van der Waals surface area contributed by atoms with Crippen LogP contribution in [0.5, 0.6) is 0 Å². The van der Waals surface area contributed by atoms with Gasteiger partial charge in [-0.2, -0.15) is 0 Å². The van der Waals surface area contributed by atoms with E-state index in [1.54, 1.807) is 13.0 Å². The van der Waals surface area contributed by atoms with Crippen molar-refractivity contribution in [2.24, 2.45) is 0 Å². The van der Waals surface area contributed by atoms with Crippen LogP contribution in [-0.2, 0) is 16.6 Å². The third kappa shape index (κ3) is 5.26. The van der Waals surface area contributed by atoms with E-state index in [9.17, 15) is 8.42 Å². The highest BCUT2D eigenvalue weighted by molar-refractivity contribution is 7.89. The van der Waals surface area contributed by atoms with Crippen LogP contribution >= 0.6 is 0 Å². The number of unbranched alkanes of at least 4 members (excludes halogenated alkanes) is 2. The Bertz CT molecular complexity index is 495. The molecule has 0 aliphatic heterocycles. The minimum atomic E-state index is -3.45. The Kier molecular flexibility index (Phi) is 7.26. The van der Waals surface area contributed by atoms with E-state index >= 15 is 0 Å². The quantitative estimate of drug-likeness (QED) is 0.652. The summed E-state index contributed by atoms with van der Waals surface area (Å²) in [6.07, 6.45) is 3.99. The van der Waals surface area contributed by atoms with Gasteiger partial charge < -0.3 is 9.73 Å². The Morgan fingerprint density at radius 2 is 1.90 bits per heavy atom. The molecule has 5 nitrogen and oxygen atoms in total. The third-order valence-electron chi connectivity index (χ3n) is 3.01. The molecule has 116 valence electrons.